The fraction of sp³-hybridized carbons (Fsp3) is 0.122. The van der Waals surface area contributed by atoms with Crippen molar-refractivity contribution in [3.63, 3.8) is 0 Å². The van der Waals surface area contributed by atoms with Crippen LogP contribution in [0, 0.1) is 0 Å². The van der Waals surface area contributed by atoms with Crippen LogP contribution in [0.15, 0.2) is 152 Å². The third-order valence-electron chi connectivity index (χ3n) is 12.0. The molecule has 4 heterocycles. The normalized spacial score (nSPS) is 15.3. The van der Waals surface area contributed by atoms with Crippen molar-refractivity contribution in [3.8, 4) is 0 Å². The molecular formula is C49H37N5. The van der Waals surface area contributed by atoms with Gasteiger partial charge in [-0.05, 0) is 93.7 Å². The van der Waals surface area contributed by atoms with E-state index >= 15 is 0 Å². The molecule has 0 bridgehead atoms. The number of aromatic nitrogens is 3. The second-order valence-corrected chi connectivity index (χ2v) is 15.7. The van der Waals surface area contributed by atoms with Crippen LogP contribution in [-0.2, 0) is 10.8 Å². The maximum atomic E-state index is 5.23. The highest BCUT2D eigenvalue weighted by Gasteiger charge is 2.38. The number of benzene rings is 7. The summed E-state index contributed by atoms with van der Waals surface area (Å²) in [5, 5.41) is 4.38. The van der Waals surface area contributed by atoms with Crippen LogP contribution in [0.3, 0.4) is 0 Å². The third-order valence-corrected chi connectivity index (χ3v) is 12.0. The molecule has 0 saturated heterocycles. The van der Waals surface area contributed by atoms with Gasteiger partial charge >= 0.3 is 0 Å². The second-order valence-electron chi connectivity index (χ2n) is 15.7. The van der Waals surface area contributed by atoms with E-state index in [1.54, 1.807) is 6.20 Å². The van der Waals surface area contributed by atoms with Gasteiger partial charge in [0, 0.05) is 39.2 Å². The standard InChI is InChI=1S/C49H37N5/c1-48(2)36-14-5-9-19-41(36)53(42-20-10-6-15-37(42)48)30-23-25-32-34(28-30)35-29-31(24-26-33(35)46-45(32)51-40-18-13-27-50-47(40)52-46)54-43-21-11-7-16-38(43)49(3,4)39-17-8-12-22-44(39)54/h5-29H,1-4H3. The lowest BCUT2D eigenvalue weighted by atomic mass is 9.73. The minimum absolute atomic E-state index is 0.140. The van der Waals surface area contributed by atoms with E-state index in [-0.39, 0.29) is 10.8 Å². The molecule has 258 valence electrons. The molecule has 0 atom stereocenters. The summed E-state index contributed by atoms with van der Waals surface area (Å²) < 4.78 is 0. The number of rotatable bonds is 2. The number of pyridine rings is 1. The van der Waals surface area contributed by atoms with Crippen molar-refractivity contribution in [3.05, 3.63) is 174 Å². The van der Waals surface area contributed by atoms with Crippen molar-refractivity contribution in [1.82, 2.24) is 15.0 Å². The summed E-state index contributed by atoms with van der Waals surface area (Å²) >= 11 is 0. The zero-order valence-electron chi connectivity index (χ0n) is 30.7. The van der Waals surface area contributed by atoms with Gasteiger partial charge in [-0.1, -0.05) is 113 Å². The van der Waals surface area contributed by atoms with Gasteiger partial charge in [0.2, 0.25) is 0 Å². The smallest absolute Gasteiger partial charge is 0.178 e. The Labute approximate surface area is 314 Å². The highest BCUT2D eigenvalue weighted by atomic mass is 15.2. The summed E-state index contributed by atoms with van der Waals surface area (Å²) in [6, 6.07) is 53.0. The quantitative estimate of drug-likeness (QED) is 0.133. The molecule has 9 aromatic rings. The van der Waals surface area contributed by atoms with Crippen molar-refractivity contribution >= 4 is 77.9 Å². The number of anilines is 6. The van der Waals surface area contributed by atoms with Gasteiger partial charge in [0.1, 0.15) is 5.52 Å². The van der Waals surface area contributed by atoms with Gasteiger partial charge in [-0.25, -0.2) is 15.0 Å². The van der Waals surface area contributed by atoms with Crippen LogP contribution in [0.2, 0.25) is 0 Å². The van der Waals surface area contributed by atoms with Gasteiger partial charge in [-0.3, -0.25) is 0 Å². The maximum absolute atomic E-state index is 5.23. The number of hydrogen-bond acceptors (Lipinski definition) is 5. The van der Waals surface area contributed by atoms with Crippen molar-refractivity contribution in [1.29, 1.82) is 0 Å². The second kappa shape index (κ2) is 11.0. The van der Waals surface area contributed by atoms with Gasteiger partial charge in [-0.15, -0.1) is 0 Å². The molecule has 0 N–H and O–H groups in total. The molecule has 0 amide bonds. The molecular weight excluding hydrogens is 659 g/mol. The van der Waals surface area contributed by atoms with E-state index in [1.165, 1.54) is 45.0 Å². The van der Waals surface area contributed by atoms with Gasteiger partial charge in [-0.2, -0.15) is 0 Å². The van der Waals surface area contributed by atoms with Crippen molar-refractivity contribution in [2.75, 3.05) is 9.80 Å². The minimum Gasteiger partial charge on any atom is -0.310 e. The summed E-state index contributed by atoms with van der Waals surface area (Å²) in [5.74, 6) is 0. The largest absolute Gasteiger partial charge is 0.310 e. The molecule has 5 heteroatoms. The zero-order valence-corrected chi connectivity index (χ0v) is 30.7. The van der Waals surface area contributed by atoms with Crippen molar-refractivity contribution < 1.29 is 0 Å². The first-order valence-electron chi connectivity index (χ1n) is 18.7. The summed E-state index contributed by atoms with van der Waals surface area (Å²) in [4.78, 5) is 19.9. The zero-order chi connectivity index (χ0) is 36.3. The van der Waals surface area contributed by atoms with Crippen LogP contribution in [0.25, 0.3) is 43.7 Å². The Morgan fingerprint density at radius 2 is 0.815 bits per heavy atom. The lowest BCUT2D eigenvalue weighted by Crippen LogP contribution is -2.30. The average molecular weight is 696 g/mol. The fourth-order valence-electron chi connectivity index (χ4n) is 9.37. The number of fused-ring (bicyclic) bond motifs is 11. The monoisotopic (exact) mass is 695 g/mol. The first-order chi connectivity index (χ1) is 26.3. The van der Waals surface area contributed by atoms with Crippen LogP contribution in [0.4, 0.5) is 34.1 Å². The molecule has 11 rings (SSSR count). The van der Waals surface area contributed by atoms with Crippen LogP contribution in [-0.4, -0.2) is 15.0 Å². The Balaban J connectivity index is 1.22. The molecule has 0 fully saturated rings. The molecule has 7 aromatic carbocycles. The Bertz CT molecular complexity index is 2730. The van der Waals surface area contributed by atoms with E-state index in [2.05, 4.69) is 176 Å². The first kappa shape index (κ1) is 31.0. The van der Waals surface area contributed by atoms with Gasteiger partial charge < -0.3 is 9.80 Å². The van der Waals surface area contributed by atoms with Crippen LogP contribution >= 0.6 is 0 Å². The summed E-state index contributed by atoms with van der Waals surface area (Å²) in [6.07, 6.45) is 1.79. The third kappa shape index (κ3) is 4.18. The van der Waals surface area contributed by atoms with Crippen LogP contribution in [0.5, 0.6) is 0 Å². The molecule has 0 spiro atoms. The van der Waals surface area contributed by atoms with Gasteiger partial charge in [0.05, 0.1) is 33.8 Å². The molecule has 54 heavy (non-hydrogen) atoms. The minimum atomic E-state index is -0.141. The van der Waals surface area contributed by atoms with Gasteiger partial charge in [0.25, 0.3) is 0 Å². The number of nitrogens with zero attached hydrogens (tertiary/aromatic N) is 5. The molecule has 5 nitrogen and oxygen atoms in total. The predicted molar refractivity (Wildman–Crippen MR) is 223 cm³/mol. The highest BCUT2D eigenvalue weighted by Crippen LogP contribution is 2.54. The molecule has 2 aliphatic heterocycles. The molecule has 0 unspecified atom stereocenters. The molecule has 0 saturated carbocycles. The van der Waals surface area contributed by atoms with Crippen LogP contribution < -0.4 is 9.80 Å². The van der Waals surface area contributed by atoms with Gasteiger partial charge in [0.15, 0.2) is 5.65 Å². The number of para-hydroxylation sites is 4. The van der Waals surface area contributed by atoms with E-state index in [9.17, 15) is 0 Å². The Morgan fingerprint density at radius 3 is 1.26 bits per heavy atom. The van der Waals surface area contributed by atoms with E-state index in [0.717, 1.165) is 49.5 Å². The first-order valence-corrected chi connectivity index (χ1v) is 18.7. The van der Waals surface area contributed by atoms with E-state index in [4.69, 9.17) is 9.97 Å². The van der Waals surface area contributed by atoms with E-state index in [1.807, 2.05) is 12.1 Å². The number of hydrogen-bond donors (Lipinski definition) is 0. The molecule has 2 aliphatic rings. The van der Waals surface area contributed by atoms with Crippen LogP contribution in [0.1, 0.15) is 49.9 Å². The van der Waals surface area contributed by atoms with E-state index < -0.39 is 0 Å². The fourth-order valence-corrected chi connectivity index (χ4v) is 9.37. The maximum Gasteiger partial charge on any atom is 0.178 e. The topological polar surface area (TPSA) is 45.2 Å². The molecule has 0 radical (unpaired) electrons. The average Bonchev–Trinajstić information content (AvgIpc) is 3.20. The van der Waals surface area contributed by atoms with Crippen molar-refractivity contribution in [2.45, 2.75) is 38.5 Å². The van der Waals surface area contributed by atoms with E-state index in [0.29, 0.717) is 5.65 Å². The Kier molecular flexibility index (Phi) is 6.29. The lowest BCUT2D eigenvalue weighted by molar-refractivity contribution is 0.632. The van der Waals surface area contributed by atoms with Crippen molar-refractivity contribution in [2.24, 2.45) is 0 Å². The summed E-state index contributed by atoms with van der Waals surface area (Å²) in [5.41, 5.74) is 15.1. The predicted octanol–water partition coefficient (Wildman–Crippen LogP) is 12.7. The highest BCUT2D eigenvalue weighted by molar-refractivity contribution is 6.25. The lowest BCUT2D eigenvalue weighted by Gasteiger charge is -2.42. The summed E-state index contributed by atoms with van der Waals surface area (Å²) in [6.45, 7) is 9.33. The Morgan fingerprint density at radius 1 is 0.407 bits per heavy atom. The summed E-state index contributed by atoms with van der Waals surface area (Å²) in [7, 11) is 0. The Hall–Kier alpha value is -6.59. The SMILES string of the molecule is CC1(C)c2ccccc2N(c2ccc3c(c2)c2cc(N4c5ccccc5C(C)(C)c5ccccc54)ccc2c2nc4ncccc4nc32)c2ccccc21. The molecule has 2 aromatic heterocycles. The molecule has 0 aliphatic carbocycles.